The molecule has 0 aliphatic rings. The molecule has 0 fully saturated rings. The maximum Gasteiger partial charge on any atom is 0.293 e. The molecule has 0 saturated carbocycles. The Hall–Kier alpha value is -3.19. The molecule has 142 valence electrons. The van der Waals surface area contributed by atoms with E-state index in [9.17, 15) is 9.18 Å². The fourth-order valence-electron chi connectivity index (χ4n) is 2.99. The number of anilines is 1. The van der Waals surface area contributed by atoms with Gasteiger partial charge in [0.2, 0.25) is 0 Å². The highest BCUT2D eigenvalue weighted by atomic mass is 32.1. The quantitative estimate of drug-likeness (QED) is 0.504. The first-order valence-corrected chi connectivity index (χ1v) is 9.43. The van der Waals surface area contributed by atoms with Crippen molar-refractivity contribution >= 4 is 33.3 Å². The van der Waals surface area contributed by atoms with Crippen molar-refractivity contribution in [2.45, 2.75) is 13.3 Å². The van der Waals surface area contributed by atoms with Crippen LogP contribution in [-0.2, 0) is 6.42 Å². The molecule has 0 unspecified atom stereocenters. The number of benzene rings is 2. The number of hydrogen-bond acceptors (Lipinski definition) is 5. The van der Waals surface area contributed by atoms with E-state index in [0.717, 1.165) is 21.4 Å². The SMILES string of the molecule is COc1ccc2oc(C(=O)Nc3ncc(Cc4cccc(F)c4)s3)c(C)c2c1. The minimum atomic E-state index is -0.362. The van der Waals surface area contributed by atoms with Gasteiger partial charge in [0.1, 0.15) is 17.1 Å². The summed E-state index contributed by atoms with van der Waals surface area (Å²) in [6.45, 7) is 1.83. The number of fused-ring (bicyclic) bond motifs is 1. The van der Waals surface area contributed by atoms with Gasteiger partial charge in [0, 0.05) is 28.4 Å². The number of methoxy groups -OCH3 is 1. The summed E-state index contributed by atoms with van der Waals surface area (Å²) >= 11 is 1.35. The van der Waals surface area contributed by atoms with E-state index in [1.54, 1.807) is 31.5 Å². The maximum atomic E-state index is 13.3. The van der Waals surface area contributed by atoms with Crippen molar-refractivity contribution in [2.24, 2.45) is 0 Å². The molecule has 4 aromatic rings. The number of carbonyl (C=O) groups is 1. The van der Waals surface area contributed by atoms with Gasteiger partial charge in [-0.2, -0.15) is 0 Å². The van der Waals surface area contributed by atoms with Gasteiger partial charge < -0.3 is 9.15 Å². The number of furan rings is 1. The van der Waals surface area contributed by atoms with Crippen LogP contribution in [0.15, 0.2) is 53.1 Å². The predicted molar refractivity (Wildman–Crippen MR) is 107 cm³/mol. The number of halogens is 1. The molecule has 0 radical (unpaired) electrons. The maximum absolute atomic E-state index is 13.3. The third-order valence-electron chi connectivity index (χ3n) is 4.39. The van der Waals surface area contributed by atoms with Gasteiger partial charge >= 0.3 is 0 Å². The smallest absolute Gasteiger partial charge is 0.293 e. The number of aromatic nitrogens is 1. The summed E-state index contributed by atoms with van der Waals surface area (Å²) in [5.74, 6) is 0.308. The van der Waals surface area contributed by atoms with Gasteiger partial charge in [-0.05, 0) is 42.8 Å². The van der Waals surface area contributed by atoms with Crippen LogP contribution in [0.2, 0.25) is 0 Å². The first-order chi connectivity index (χ1) is 13.5. The standard InChI is InChI=1S/C21H17FN2O3S/c1-12-17-10-15(26-2)6-7-18(17)27-19(12)20(25)24-21-23-11-16(28-21)9-13-4-3-5-14(22)8-13/h3-8,10-11H,9H2,1-2H3,(H,23,24,25). The molecule has 0 bridgehead atoms. The summed E-state index contributed by atoms with van der Waals surface area (Å²) in [6.07, 6.45) is 2.23. The predicted octanol–water partition coefficient (Wildman–Crippen LogP) is 5.19. The number of ether oxygens (including phenoxy) is 1. The van der Waals surface area contributed by atoms with Crippen molar-refractivity contribution in [3.63, 3.8) is 0 Å². The van der Waals surface area contributed by atoms with Crippen LogP contribution < -0.4 is 10.1 Å². The lowest BCUT2D eigenvalue weighted by atomic mass is 10.1. The van der Waals surface area contributed by atoms with Crippen molar-refractivity contribution in [3.05, 3.63) is 76.2 Å². The summed E-state index contributed by atoms with van der Waals surface area (Å²) in [7, 11) is 1.59. The lowest BCUT2D eigenvalue weighted by molar-refractivity contribution is 0.0998. The van der Waals surface area contributed by atoms with E-state index in [2.05, 4.69) is 10.3 Å². The fraction of sp³-hybridized carbons (Fsp3) is 0.143. The molecule has 0 aliphatic heterocycles. The van der Waals surface area contributed by atoms with E-state index in [0.29, 0.717) is 22.9 Å². The van der Waals surface area contributed by atoms with Crippen LogP contribution in [0.5, 0.6) is 5.75 Å². The molecule has 0 aliphatic carbocycles. The van der Waals surface area contributed by atoms with Crippen molar-refractivity contribution in [1.82, 2.24) is 4.98 Å². The Morgan fingerprint density at radius 1 is 1.29 bits per heavy atom. The molecule has 0 spiro atoms. The number of carbonyl (C=O) groups excluding carboxylic acids is 1. The fourth-order valence-corrected chi connectivity index (χ4v) is 3.83. The Balaban J connectivity index is 1.52. The van der Waals surface area contributed by atoms with E-state index in [-0.39, 0.29) is 17.5 Å². The topological polar surface area (TPSA) is 64.4 Å². The highest BCUT2D eigenvalue weighted by Crippen LogP contribution is 2.30. The molecule has 0 atom stereocenters. The molecule has 0 saturated heterocycles. The summed E-state index contributed by atoms with van der Waals surface area (Å²) in [5, 5.41) is 4.07. The molecular weight excluding hydrogens is 379 g/mol. The Bertz CT molecular complexity index is 1170. The Kier molecular flexibility index (Phi) is 4.83. The second kappa shape index (κ2) is 7.44. The molecule has 5 nitrogen and oxygen atoms in total. The average Bonchev–Trinajstić information content (AvgIpc) is 3.25. The summed E-state index contributed by atoms with van der Waals surface area (Å²) < 4.78 is 24.3. The molecule has 2 heterocycles. The van der Waals surface area contributed by atoms with Gasteiger partial charge in [0.15, 0.2) is 10.9 Å². The normalized spacial score (nSPS) is 11.0. The number of nitrogens with one attached hydrogen (secondary N) is 1. The number of thiazole rings is 1. The first kappa shape index (κ1) is 18.2. The molecular formula is C21H17FN2O3S. The van der Waals surface area contributed by atoms with Gasteiger partial charge in [-0.25, -0.2) is 9.37 Å². The highest BCUT2D eigenvalue weighted by molar-refractivity contribution is 7.15. The third kappa shape index (κ3) is 3.61. The Morgan fingerprint density at radius 2 is 2.14 bits per heavy atom. The van der Waals surface area contributed by atoms with Crippen LogP contribution in [0, 0.1) is 12.7 Å². The van der Waals surface area contributed by atoms with Crippen LogP contribution in [0.4, 0.5) is 9.52 Å². The van der Waals surface area contributed by atoms with E-state index in [1.807, 2.05) is 19.1 Å². The zero-order valence-electron chi connectivity index (χ0n) is 15.3. The number of aryl methyl sites for hydroxylation is 1. The number of rotatable bonds is 5. The van der Waals surface area contributed by atoms with Gasteiger partial charge in [-0.3, -0.25) is 10.1 Å². The van der Waals surface area contributed by atoms with Crippen LogP contribution in [-0.4, -0.2) is 18.0 Å². The summed E-state index contributed by atoms with van der Waals surface area (Å²) in [4.78, 5) is 17.8. The summed E-state index contributed by atoms with van der Waals surface area (Å²) in [6, 6.07) is 11.8. The molecule has 7 heteroatoms. The van der Waals surface area contributed by atoms with Crippen LogP contribution in [0.25, 0.3) is 11.0 Å². The van der Waals surface area contributed by atoms with Crippen LogP contribution in [0.3, 0.4) is 0 Å². The first-order valence-electron chi connectivity index (χ1n) is 8.61. The molecule has 4 rings (SSSR count). The summed E-state index contributed by atoms with van der Waals surface area (Å²) in [5.41, 5.74) is 2.21. The van der Waals surface area contributed by atoms with Gasteiger partial charge in [0.05, 0.1) is 7.11 Å². The van der Waals surface area contributed by atoms with Gasteiger partial charge in [0.25, 0.3) is 5.91 Å². The molecule has 28 heavy (non-hydrogen) atoms. The van der Waals surface area contributed by atoms with E-state index in [4.69, 9.17) is 9.15 Å². The Morgan fingerprint density at radius 3 is 2.93 bits per heavy atom. The minimum Gasteiger partial charge on any atom is -0.497 e. The van der Waals surface area contributed by atoms with E-state index < -0.39 is 0 Å². The van der Waals surface area contributed by atoms with Gasteiger partial charge in [-0.1, -0.05) is 12.1 Å². The Labute approximate surface area is 164 Å². The molecule has 1 N–H and O–H groups in total. The second-order valence-corrected chi connectivity index (χ2v) is 7.43. The lowest BCUT2D eigenvalue weighted by Gasteiger charge is -2.00. The monoisotopic (exact) mass is 396 g/mol. The second-order valence-electron chi connectivity index (χ2n) is 6.31. The van der Waals surface area contributed by atoms with E-state index in [1.165, 1.54) is 23.5 Å². The number of hydrogen-bond donors (Lipinski definition) is 1. The van der Waals surface area contributed by atoms with Crippen molar-refractivity contribution in [2.75, 3.05) is 12.4 Å². The van der Waals surface area contributed by atoms with E-state index >= 15 is 0 Å². The lowest BCUT2D eigenvalue weighted by Crippen LogP contribution is -2.11. The molecule has 2 aromatic carbocycles. The van der Waals surface area contributed by atoms with Crippen molar-refractivity contribution in [1.29, 1.82) is 0 Å². The minimum absolute atomic E-state index is 0.241. The highest BCUT2D eigenvalue weighted by Gasteiger charge is 2.19. The zero-order chi connectivity index (χ0) is 19.7. The number of nitrogens with zero attached hydrogens (tertiary/aromatic N) is 1. The molecule has 2 aromatic heterocycles. The van der Waals surface area contributed by atoms with Crippen molar-refractivity contribution in [3.8, 4) is 5.75 Å². The zero-order valence-corrected chi connectivity index (χ0v) is 16.1. The largest absolute Gasteiger partial charge is 0.497 e. The molecule has 1 amide bonds. The van der Waals surface area contributed by atoms with Gasteiger partial charge in [-0.15, -0.1) is 11.3 Å². The third-order valence-corrected chi connectivity index (χ3v) is 5.30. The average molecular weight is 396 g/mol. The van der Waals surface area contributed by atoms with Crippen LogP contribution >= 0.6 is 11.3 Å². The van der Waals surface area contributed by atoms with Crippen LogP contribution in [0.1, 0.15) is 26.6 Å². The van der Waals surface area contributed by atoms with Crippen molar-refractivity contribution < 1.29 is 18.3 Å². The number of amides is 1.